The van der Waals surface area contributed by atoms with Gasteiger partial charge in [0.25, 0.3) is 0 Å². The number of pyridine rings is 1. The molecule has 0 amide bonds. The lowest BCUT2D eigenvalue weighted by atomic mass is 10.0. The second kappa shape index (κ2) is 7.65. The van der Waals surface area contributed by atoms with Crippen molar-refractivity contribution in [2.24, 2.45) is 0 Å². The summed E-state index contributed by atoms with van der Waals surface area (Å²) in [4.78, 5) is 15.4. The molecule has 0 bridgehead atoms. The number of aryl methyl sites for hydroxylation is 1. The fourth-order valence-electron chi connectivity index (χ4n) is 3.08. The van der Waals surface area contributed by atoms with Crippen LogP contribution in [0.25, 0.3) is 0 Å². The first-order valence-corrected chi connectivity index (χ1v) is 8.19. The van der Waals surface area contributed by atoms with Gasteiger partial charge in [0.2, 0.25) is 0 Å². The average molecular weight is 329 g/mol. The predicted octanol–water partition coefficient (Wildman–Crippen LogP) is 1.07. The van der Waals surface area contributed by atoms with Gasteiger partial charge in [0.05, 0.1) is 24.9 Å². The molecule has 1 aliphatic rings. The second-order valence-electron chi connectivity index (χ2n) is 6.06. The quantitative estimate of drug-likeness (QED) is 0.729. The van der Waals surface area contributed by atoms with Crippen LogP contribution in [-0.4, -0.2) is 62.4 Å². The van der Waals surface area contributed by atoms with Crippen LogP contribution in [0.3, 0.4) is 0 Å². The van der Waals surface area contributed by atoms with Crippen LogP contribution in [0.5, 0.6) is 0 Å². The summed E-state index contributed by atoms with van der Waals surface area (Å²) >= 11 is 0. The normalized spacial score (nSPS) is 18.2. The first kappa shape index (κ1) is 16.8. The van der Waals surface area contributed by atoms with Crippen molar-refractivity contribution in [1.82, 2.24) is 19.9 Å². The van der Waals surface area contributed by atoms with Gasteiger partial charge >= 0.3 is 0 Å². The van der Waals surface area contributed by atoms with Crippen molar-refractivity contribution in [1.29, 1.82) is 0 Å². The molecule has 0 spiro atoms. The molecule has 0 radical (unpaired) electrons. The lowest BCUT2D eigenvalue weighted by Gasteiger charge is -2.24. The van der Waals surface area contributed by atoms with E-state index < -0.39 is 0 Å². The van der Waals surface area contributed by atoms with Crippen molar-refractivity contribution < 1.29 is 10.2 Å². The standard InChI is InChI=1S/C17H23N5O2/c1-12-19-15(13-5-7-22(9-13)14(10-23)11-24)8-17(20-12)21-16-4-2-3-6-18-16/h2-4,6,8,13-14,23-24H,5,7,9-11H2,1H3,(H,18,19,20,21)/t13-/m0/s1. The third-order valence-electron chi connectivity index (χ3n) is 4.35. The van der Waals surface area contributed by atoms with Crippen molar-refractivity contribution in [3.8, 4) is 0 Å². The fraction of sp³-hybridized carbons (Fsp3) is 0.471. The minimum atomic E-state index is -0.191. The minimum absolute atomic E-state index is 0.0293. The van der Waals surface area contributed by atoms with Crippen LogP contribution >= 0.6 is 0 Å². The molecule has 128 valence electrons. The highest BCUT2D eigenvalue weighted by Gasteiger charge is 2.29. The Morgan fingerprint density at radius 2 is 2.08 bits per heavy atom. The van der Waals surface area contributed by atoms with E-state index in [4.69, 9.17) is 0 Å². The Balaban J connectivity index is 1.75. The van der Waals surface area contributed by atoms with E-state index in [1.807, 2.05) is 31.2 Å². The number of likely N-dealkylation sites (tertiary alicyclic amines) is 1. The maximum atomic E-state index is 9.35. The molecular weight excluding hydrogens is 306 g/mol. The summed E-state index contributed by atoms with van der Waals surface area (Å²) in [5.74, 6) is 2.47. The number of nitrogens with zero attached hydrogens (tertiary/aromatic N) is 4. The third kappa shape index (κ3) is 3.87. The van der Waals surface area contributed by atoms with Gasteiger partial charge in [-0.3, -0.25) is 4.90 Å². The van der Waals surface area contributed by atoms with Crippen LogP contribution in [-0.2, 0) is 0 Å². The van der Waals surface area contributed by atoms with Gasteiger partial charge < -0.3 is 15.5 Å². The third-order valence-corrected chi connectivity index (χ3v) is 4.35. The minimum Gasteiger partial charge on any atom is -0.395 e. The zero-order chi connectivity index (χ0) is 16.9. The second-order valence-corrected chi connectivity index (χ2v) is 6.06. The zero-order valence-electron chi connectivity index (χ0n) is 13.8. The summed E-state index contributed by atoms with van der Waals surface area (Å²) in [6, 6.07) is 7.45. The number of aliphatic hydroxyl groups excluding tert-OH is 2. The molecule has 7 nitrogen and oxygen atoms in total. The molecule has 3 N–H and O–H groups in total. The molecule has 2 aromatic heterocycles. The van der Waals surface area contributed by atoms with Crippen LogP contribution in [0, 0.1) is 6.92 Å². The Morgan fingerprint density at radius 1 is 1.25 bits per heavy atom. The van der Waals surface area contributed by atoms with Crippen molar-refractivity contribution in [2.75, 3.05) is 31.6 Å². The number of aliphatic hydroxyl groups is 2. The average Bonchev–Trinajstić information content (AvgIpc) is 3.06. The highest BCUT2D eigenvalue weighted by atomic mass is 16.3. The predicted molar refractivity (Wildman–Crippen MR) is 91.2 cm³/mol. The molecule has 0 unspecified atom stereocenters. The molecule has 3 heterocycles. The summed E-state index contributed by atoms with van der Waals surface area (Å²) < 4.78 is 0. The Kier molecular flexibility index (Phi) is 5.34. The number of hydrogen-bond acceptors (Lipinski definition) is 7. The molecule has 2 aromatic rings. The van der Waals surface area contributed by atoms with Gasteiger partial charge in [-0.1, -0.05) is 6.07 Å². The lowest BCUT2D eigenvalue weighted by Crippen LogP contribution is -2.38. The van der Waals surface area contributed by atoms with Gasteiger partial charge in [-0.25, -0.2) is 15.0 Å². The highest BCUT2D eigenvalue weighted by Crippen LogP contribution is 2.28. The van der Waals surface area contributed by atoms with Gasteiger partial charge in [0.15, 0.2) is 0 Å². The van der Waals surface area contributed by atoms with E-state index >= 15 is 0 Å². The van der Waals surface area contributed by atoms with E-state index in [9.17, 15) is 10.2 Å². The fourth-order valence-corrected chi connectivity index (χ4v) is 3.08. The van der Waals surface area contributed by atoms with Gasteiger partial charge in [-0.05, 0) is 32.0 Å². The maximum absolute atomic E-state index is 9.35. The molecule has 1 fully saturated rings. The largest absolute Gasteiger partial charge is 0.395 e. The van der Waals surface area contributed by atoms with Crippen molar-refractivity contribution >= 4 is 11.6 Å². The topological polar surface area (TPSA) is 94.4 Å². The van der Waals surface area contributed by atoms with Crippen LogP contribution in [0.4, 0.5) is 11.6 Å². The van der Waals surface area contributed by atoms with Crippen molar-refractivity contribution in [2.45, 2.75) is 25.3 Å². The van der Waals surface area contributed by atoms with E-state index in [1.165, 1.54) is 0 Å². The first-order valence-electron chi connectivity index (χ1n) is 8.19. The molecule has 24 heavy (non-hydrogen) atoms. The first-order chi connectivity index (χ1) is 11.7. The van der Waals surface area contributed by atoms with Gasteiger partial charge in [0.1, 0.15) is 17.5 Å². The summed E-state index contributed by atoms with van der Waals surface area (Å²) in [5, 5.41) is 21.9. The number of anilines is 2. The molecule has 1 aliphatic heterocycles. The molecule has 0 aliphatic carbocycles. The highest BCUT2D eigenvalue weighted by molar-refractivity contribution is 5.51. The molecular formula is C17H23N5O2. The maximum Gasteiger partial charge on any atom is 0.135 e. The number of hydrogen-bond donors (Lipinski definition) is 3. The van der Waals surface area contributed by atoms with E-state index in [1.54, 1.807) is 6.20 Å². The van der Waals surface area contributed by atoms with E-state index in [2.05, 4.69) is 25.2 Å². The van der Waals surface area contributed by atoms with E-state index in [0.29, 0.717) is 5.82 Å². The molecule has 0 aromatic carbocycles. The molecule has 3 rings (SSSR count). The summed E-state index contributed by atoms with van der Waals surface area (Å²) in [6.45, 7) is 3.45. The van der Waals surface area contributed by atoms with Crippen molar-refractivity contribution in [3.63, 3.8) is 0 Å². The van der Waals surface area contributed by atoms with Gasteiger partial charge in [-0.2, -0.15) is 0 Å². The SMILES string of the molecule is Cc1nc(Nc2ccccn2)cc([C@H]2CCN(C(CO)CO)C2)n1. The molecule has 1 atom stereocenters. The Morgan fingerprint density at radius 3 is 2.79 bits per heavy atom. The van der Waals surface area contributed by atoms with Gasteiger partial charge in [0, 0.05) is 24.7 Å². The summed E-state index contributed by atoms with van der Waals surface area (Å²) in [7, 11) is 0. The van der Waals surface area contributed by atoms with Gasteiger partial charge in [-0.15, -0.1) is 0 Å². The smallest absolute Gasteiger partial charge is 0.135 e. The van der Waals surface area contributed by atoms with Crippen molar-refractivity contribution in [3.05, 3.63) is 42.0 Å². The number of rotatable bonds is 6. The Labute approximate surface area is 141 Å². The van der Waals surface area contributed by atoms with Crippen LogP contribution in [0.15, 0.2) is 30.5 Å². The zero-order valence-corrected chi connectivity index (χ0v) is 13.8. The van der Waals surface area contributed by atoms with Crippen LogP contribution in [0.1, 0.15) is 23.9 Å². The Bertz CT molecular complexity index is 663. The monoisotopic (exact) mass is 329 g/mol. The number of aromatic nitrogens is 3. The van der Waals surface area contributed by atoms with Crippen LogP contribution < -0.4 is 5.32 Å². The van der Waals surface area contributed by atoms with Crippen LogP contribution in [0.2, 0.25) is 0 Å². The molecule has 7 heteroatoms. The lowest BCUT2D eigenvalue weighted by molar-refractivity contribution is 0.0896. The van der Waals surface area contributed by atoms with E-state index in [0.717, 1.165) is 36.8 Å². The summed E-state index contributed by atoms with van der Waals surface area (Å²) in [6.07, 6.45) is 2.69. The summed E-state index contributed by atoms with van der Waals surface area (Å²) in [5.41, 5.74) is 0.984. The van der Waals surface area contributed by atoms with E-state index in [-0.39, 0.29) is 25.2 Å². The molecule has 0 saturated carbocycles. The molecule has 1 saturated heterocycles. The Hall–Kier alpha value is -2.09. The number of nitrogens with one attached hydrogen (secondary N) is 1.